The van der Waals surface area contributed by atoms with Crippen LogP contribution in [-0.2, 0) is 22.4 Å². The molecule has 1 amide bonds. The summed E-state index contributed by atoms with van der Waals surface area (Å²) < 4.78 is 0. The van der Waals surface area contributed by atoms with Gasteiger partial charge in [0, 0.05) is 25.5 Å². The van der Waals surface area contributed by atoms with E-state index in [0.717, 1.165) is 5.56 Å². The summed E-state index contributed by atoms with van der Waals surface area (Å²) in [6.45, 7) is 0. The van der Waals surface area contributed by atoms with E-state index < -0.39 is 17.4 Å². The van der Waals surface area contributed by atoms with Crippen molar-refractivity contribution in [2.24, 2.45) is 5.92 Å². The maximum atomic E-state index is 12.5. The number of fused-ring (bicyclic) bond motifs is 1. The molecular formula is C22H24N6O5. The van der Waals surface area contributed by atoms with Crippen LogP contribution in [0.15, 0.2) is 35.3 Å². The second-order valence-electron chi connectivity index (χ2n) is 7.56. The van der Waals surface area contributed by atoms with Crippen molar-refractivity contribution in [1.29, 1.82) is 0 Å². The lowest BCUT2D eigenvalue weighted by atomic mass is 9.93. The molecule has 0 bridgehead atoms. The molecule has 0 radical (unpaired) electrons. The molecule has 5 N–H and O–H groups in total. The zero-order chi connectivity index (χ0) is 24.0. The first-order valence-electron chi connectivity index (χ1n) is 10.3. The Kier molecular flexibility index (Phi) is 7.44. The number of H-pyrrole nitrogens is 1. The molecule has 2 aromatic heterocycles. The van der Waals surface area contributed by atoms with Crippen molar-refractivity contribution in [2.45, 2.75) is 32.1 Å². The molecule has 0 aliphatic heterocycles. The summed E-state index contributed by atoms with van der Waals surface area (Å²) in [5.41, 5.74) is 7.30. The number of amides is 1. The highest BCUT2D eigenvalue weighted by molar-refractivity contribution is 5.98. The number of rotatable bonds is 10. The average molecular weight is 452 g/mol. The van der Waals surface area contributed by atoms with Crippen LogP contribution in [0.25, 0.3) is 11.2 Å². The Morgan fingerprint density at radius 1 is 1.15 bits per heavy atom. The van der Waals surface area contributed by atoms with Crippen molar-refractivity contribution < 1.29 is 19.5 Å². The molecule has 0 saturated heterocycles. The van der Waals surface area contributed by atoms with Gasteiger partial charge in [0.05, 0.1) is 17.8 Å². The van der Waals surface area contributed by atoms with Crippen molar-refractivity contribution in [2.75, 3.05) is 12.8 Å². The smallest absolute Gasteiger partial charge is 0.306 e. The number of anilines is 1. The van der Waals surface area contributed by atoms with Gasteiger partial charge in [-0.15, -0.1) is 0 Å². The standard InChI is InChI=1S/C22H24N6O5/c1-24-17(30)9-7-14(21(32)33)10-16(29)13-5-2-12(3-6-13)4-8-15-11-25-19-18(26-15)20(31)28-22(23)27-19/h2-3,5-6,11,14H,4,7-10H2,1H3,(H,24,30)(H,32,33)(H3,23,25,27,28,31)/t14-/m0/s1. The van der Waals surface area contributed by atoms with Gasteiger partial charge >= 0.3 is 5.97 Å². The van der Waals surface area contributed by atoms with E-state index in [0.29, 0.717) is 24.1 Å². The molecule has 0 aliphatic rings. The van der Waals surface area contributed by atoms with Crippen LogP contribution in [0.4, 0.5) is 5.95 Å². The number of nitrogens with zero attached hydrogens (tertiary/aromatic N) is 3. The lowest BCUT2D eigenvalue weighted by Crippen LogP contribution is -2.23. The normalized spacial score (nSPS) is 11.8. The maximum Gasteiger partial charge on any atom is 0.306 e. The third kappa shape index (κ3) is 6.19. The Labute approximate surface area is 188 Å². The van der Waals surface area contributed by atoms with Gasteiger partial charge in [-0.1, -0.05) is 24.3 Å². The summed E-state index contributed by atoms with van der Waals surface area (Å²) in [5.74, 6) is -2.60. The number of aryl methyl sites for hydroxylation is 2. The molecule has 0 fully saturated rings. The first kappa shape index (κ1) is 23.5. The van der Waals surface area contributed by atoms with Gasteiger partial charge in [0.1, 0.15) is 0 Å². The molecule has 1 atom stereocenters. The number of nitrogens with one attached hydrogen (secondary N) is 2. The van der Waals surface area contributed by atoms with Gasteiger partial charge in [0.15, 0.2) is 16.9 Å². The van der Waals surface area contributed by atoms with Gasteiger partial charge in [-0.3, -0.25) is 24.2 Å². The van der Waals surface area contributed by atoms with Crippen molar-refractivity contribution >= 4 is 34.8 Å². The summed E-state index contributed by atoms with van der Waals surface area (Å²) in [7, 11) is 1.48. The molecule has 0 spiro atoms. The maximum absolute atomic E-state index is 12.5. The van der Waals surface area contributed by atoms with E-state index in [2.05, 4.69) is 25.3 Å². The Balaban J connectivity index is 1.61. The number of carboxylic acid groups (broad SMARTS) is 1. The third-order valence-corrected chi connectivity index (χ3v) is 5.21. The van der Waals surface area contributed by atoms with E-state index in [-0.39, 0.29) is 48.1 Å². The summed E-state index contributed by atoms with van der Waals surface area (Å²) in [6, 6.07) is 6.88. The summed E-state index contributed by atoms with van der Waals surface area (Å²) >= 11 is 0. The largest absolute Gasteiger partial charge is 0.481 e. The first-order valence-corrected chi connectivity index (χ1v) is 10.3. The minimum Gasteiger partial charge on any atom is -0.481 e. The number of carbonyl (C=O) groups excluding carboxylic acids is 2. The highest BCUT2D eigenvalue weighted by atomic mass is 16.4. The number of nitrogen functional groups attached to an aromatic ring is 1. The van der Waals surface area contributed by atoms with Crippen LogP contribution in [0.5, 0.6) is 0 Å². The van der Waals surface area contributed by atoms with E-state index in [9.17, 15) is 24.3 Å². The SMILES string of the molecule is CNC(=O)CC[C@@H](CC(=O)c1ccc(CCc2cnc3nc(N)[nH]c(=O)c3n2)cc1)C(=O)O. The molecule has 0 aliphatic carbocycles. The summed E-state index contributed by atoms with van der Waals surface area (Å²) in [4.78, 5) is 62.0. The van der Waals surface area contributed by atoms with Crippen molar-refractivity contribution in [3.63, 3.8) is 0 Å². The molecule has 2 heterocycles. The Morgan fingerprint density at radius 2 is 1.88 bits per heavy atom. The number of nitrogens with two attached hydrogens (primary N) is 1. The second-order valence-corrected chi connectivity index (χ2v) is 7.56. The van der Waals surface area contributed by atoms with Crippen molar-refractivity contribution in [3.8, 4) is 0 Å². The van der Waals surface area contributed by atoms with E-state index >= 15 is 0 Å². The molecule has 3 rings (SSSR count). The first-order chi connectivity index (χ1) is 15.8. The van der Waals surface area contributed by atoms with Gasteiger partial charge in [-0.25, -0.2) is 9.97 Å². The number of aromatic amines is 1. The fraction of sp³-hybridized carbons (Fsp3) is 0.318. The molecule has 3 aromatic rings. The van der Waals surface area contributed by atoms with Crippen LogP contribution in [-0.4, -0.2) is 49.7 Å². The van der Waals surface area contributed by atoms with Crippen LogP contribution in [0.3, 0.4) is 0 Å². The minimum atomic E-state index is -1.10. The van der Waals surface area contributed by atoms with Gasteiger partial charge < -0.3 is 16.2 Å². The Morgan fingerprint density at radius 3 is 2.55 bits per heavy atom. The Hall–Kier alpha value is -4.15. The monoisotopic (exact) mass is 452 g/mol. The van der Waals surface area contributed by atoms with Crippen molar-refractivity contribution in [3.05, 3.63) is 57.6 Å². The van der Waals surface area contributed by atoms with Crippen LogP contribution in [0.1, 0.15) is 40.9 Å². The van der Waals surface area contributed by atoms with E-state index in [1.165, 1.54) is 13.2 Å². The van der Waals surface area contributed by atoms with Gasteiger partial charge in [0.25, 0.3) is 5.56 Å². The molecule has 33 heavy (non-hydrogen) atoms. The lowest BCUT2D eigenvalue weighted by Gasteiger charge is -2.11. The molecule has 0 saturated carbocycles. The van der Waals surface area contributed by atoms with Crippen LogP contribution >= 0.6 is 0 Å². The number of hydrogen-bond donors (Lipinski definition) is 4. The molecular weight excluding hydrogens is 428 g/mol. The van der Waals surface area contributed by atoms with Gasteiger partial charge in [-0.05, 0) is 24.8 Å². The predicted octanol–water partition coefficient (Wildman–Crippen LogP) is 0.880. The molecule has 1 aromatic carbocycles. The van der Waals surface area contributed by atoms with Crippen LogP contribution < -0.4 is 16.6 Å². The fourth-order valence-corrected chi connectivity index (χ4v) is 3.31. The minimum absolute atomic E-state index is 0.0229. The average Bonchev–Trinajstić information content (AvgIpc) is 2.80. The Bertz CT molecular complexity index is 1240. The quantitative estimate of drug-likeness (QED) is 0.325. The lowest BCUT2D eigenvalue weighted by molar-refractivity contribution is -0.142. The number of carbonyl (C=O) groups is 3. The second kappa shape index (κ2) is 10.4. The zero-order valence-corrected chi connectivity index (χ0v) is 18.0. The highest BCUT2D eigenvalue weighted by Gasteiger charge is 2.22. The summed E-state index contributed by atoms with van der Waals surface area (Å²) in [5, 5.41) is 11.8. The number of carboxylic acids is 1. The van der Waals surface area contributed by atoms with E-state index in [1.807, 2.05) is 0 Å². The molecule has 11 heteroatoms. The van der Waals surface area contributed by atoms with E-state index in [1.54, 1.807) is 24.3 Å². The molecule has 11 nitrogen and oxygen atoms in total. The molecule has 172 valence electrons. The number of aliphatic carboxylic acids is 1. The predicted molar refractivity (Wildman–Crippen MR) is 120 cm³/mol. The topological polar surface area (TPSA) is 181 Å². The summed E-state index contributed by atoms with van der Waals surface area (Å²) in [6.07, 6.45) is 2.62. The number of benzene rings is 1. The highest BCUT2D eigenvalue weighted by Crippen LogP contribution is 2.17. The van der Waals surface area contributed by atoms with E-state index in [4.69, 9.17) is 5.73 Å². The van der Waals surface area contributed by atoms with Crippen molar-refractivity contribution in [1.82, 2.24) is 25.3 Å². The fourth-order valence-electron chi connectivity index (χ4n) is 3.31. The third-order valence-electron chi connectivity index (χ3n) is 5.21. The number of hydrogen-bond acceptors (Lipinski definition) is 8. The zero-order valence-electron chi connectivity index (χ0n) is 18.0. The molecule has 0 unspecified atom stereocenters. The number of aromatic nitrogens is 4. The van der Waals surface area contributed by atoms with Gasteiger partial charge in [-0.2, -0.15) is 4.98 Å². The van der Waals surface area contributed by atoms with Gasteiger partial charge in [0.2, 0.25) is 11.9 Å². The van der Waals surface area contributed by atoms with Crippen LogP contribution in [0.2, 0.25) is 0 Å². The number of Topliss-reactive ketones (excluding diaryl/α,β-unsaturated/α-hetero) is 1. The van der Waals surface area contributed by atoms with Crippen LogP contribution in [0, 0.1) is 5.92 Å². The number of ketones is 1.